The summed E-state index contributed by atoms with van der Waals surface area (Å²) in [6.07, 6.45) is 2.15. The lowest BCUT2D eigenvalue weighted by atomic mass is 9.99. The summed E-state index contributed by atoms with van der Waals surface area (Å²) in [4.78, 5) is 1.40. The third-order valence-electron chi connectivity index (χ3n) is 3.49. The molecule has 0 saturated carbocycles. The number of nitrogens with one attached hydrogen (secondary N) is 1. The van der Waals surface area contributed by atoms with Crippen molar-refractivity contribution in [3.05, 3.63) is 51.7 Å². The van der Waals surface area contributed by atoms with E-state index in [2.05, 4.69) is 48.8 Å². The zero-order valence-electron chi connectivity index (χ0n) is 12.5. The van der Waals surface area contributed by atoms with Gasteiger partial charge in [0.25, 0.3) is 0 Å². The molecule has 0 spiro atoms. The third kappa shape index (κ3) is 3.84. The first-order valence-corrected chi connectivity index (χ1v) is 8.03. The monoisotopic (exact) mass is 289 g/mol. The summed E-state index contributed by atoms with van der Waals surface area (Å²) in [5.74, 6) is 0.929. The lowest BCUT2D eigenvalue weighted by Crippen LogP contribution is -2.24. The van der Waals surface area contributed by atoms with Crippen molar-refractivity contribution < 1.29 is 4.74 Å². The van der Waals surface area contributed by atoms with Crippen LogP contribution in [0.4, 0.5) is 0 Å². The van der Waals surface area contributed by atoms with E-state index in [1.54, 1.807) is 7.11 Å². The van der Waals surface area contributed by atoms with Gasteiger partial charge < -0.3 is 10.1 Å². The average Bonchev–Trinajstić information content (AvgIpc) is 2.90. The Morgan fingerprint density at radius 2 is 2.15 bits per heavy atom. The summed E-state index contributed by atoms with van der Waals surface area (Å²) in [5, 5.41) is 5.84. The molecule has 2 nitrogen and oxygen atoms in total. The molecule has 0 aliphatic heterocycles. The van der Waals surface area contributed by atoms with Gasteiger partial charge in [0.15, 0.2) is 0 Å². The second-order valence-corrected chi connectivity index (χ2v) is 6.11. The van der Waals surface area contributed by atoms with Crippen LogP contribution in [0.25, 0.3) is 0 Å². The summed E-state index contributed by atoms with van der Waals surface area (Å²) in [5.41, 5.74) is 2.73. The minimum atomic E-state index is 0.383. The first kappa shape index (κ1) is 15.1. The fraction of sp³-hybridized carbons (Fsp3) is 0.412. The maximum Gasteiger partial charge on any atom is 0.119 e. The zero-order chi connectivity index (χ0) is 14.4. The van der Waals surface area contributed by atoms with Gasteiger partial charge in [-0.15, -0.1) is 11.3 Å². The van der Waals surface area contributed by atoms with Gasteiger partial charge in [-0.05, 0) is 61.0 Å². The van der Waals surface area contributed by atoms with Crippen LogP contribution in [0.5, 0.6) is 5.75 Å². The molecule has 2 aromatic rings. The Balaban J connectivity index is 2.17. The van der Waals surface area contributed by atoms with Crippen LogP contribution in [-0.4, -0.2) is 13.7 Å². The molecular formula is C17H23NOS. The lowest BCUT2D eigenvalue weighted by molar-refractivity contribution is 0.413. The molecule has 3 heteroatoms. The van der Waals surface area contributed by atoms with Crippen LogP contribution in [0.1, 0.15) is 35.4 Å². The van der Waals surface area contributed by atoms with Crippen molar-refractivity contribution in [1.82, 2.24) is 5.32 Å². The van der Waals surface area contributed by atoms with Crippen molar-refractivity contribution in [3.8, 4) is 5.75 Å². The van der Waals surface area contributed by atoms with Crippen molar-refractivity contribution in [3.63, 3.8) is 0 Å². The van der Waals surface area contributed by atoms with Crippen molar-refractivity contribution in [2.75, 3.05) is 13.7 Å². The van der Waals surface area contributed by atoms with Crippen molar-refractivity contribution in [2.24, 2.45) is 0 Å². The van der Waals surface area contributed by atoms with Crippen molar-refractivity contribution in [2.45, 2.75) is 32.7 Å². The minimum absolute atomic E-state index is 0.383. The third-order valence-corrected chi connectivity index (χ3v) is 4.35. The Labute approximate surface area is 125 Å². The molecule has 0 bridgehead atoms. The second kappa shape index (κ2) is 7.46. The fourth-order valence-corrected chi connectivity index (χ4v) is 3.17. The molecule has 0 saturated heterocycles. The van der Waals surface area contributed by atoms with Gasteiger partial charge in [-0.25, -0.2) is 0 Å². The smallest absolute Gasteiger partial charge is 0.119 e. The highest BCUT2D eigenvalue weighted by Gasteiger charge is 2.14. The first-order valence-electron chi connectivity index (χ1n) is 7.15. The van der Waals surface area contributed by atoms with E-state index in [1.807, 2.05) is 17.4 Å². The number of ether oxygens (including phenoxy) is 1. The number of thiophene rings is 1. The summed E-state index contributed by atoms with van der Waals surface area (Å²) in [6, 6.07) is 11.0. The SMILES string of the molecule is CCCNC(Cc1cccc(OC)c1)c1ccsc1C. The summed E-state index contributed by atoms with van der Waals surface area (Å²) < 4.78 is 5.31. The Kier molecular flexibility index (Phi) is 5.62. The minimum Gasteiger partial charge on any atom is -0.497 e. The second-order valence-electron chi connectivity index (χ2n) is 4.99. The van der Waals surface area contributed by atoms with Crippen LogP contribution in [0.15, 0.2) is 35.7 Å². The van der Waals surface area contributed by atoms with Crippen LogP contribution < -0.4 is 10.1 Å². The average molecular weight is 289 g/mol. The van der Waals surface area contributed by atoms with Gasteiger partial charge in [-0.2, -0.15) is 0 Å². The van der Waals surface area contributed by atoms with Gasteiger partial charge in [-0.1, -0.05) is 19.1 Å². The van der Waals surface area contributed by atoms with E-state index in [0.717, 1.165) is 25.1 Å². The number of methoxy groups -OCH3 is 1. The molecule has 0 fully saturated rings. The topological polar surface area (TPSA) is 21.3 Å². The highest BCUT2D eigenvalue weighted by atomic mass is 32.1. The maximum absolute atomic E-state index is 5.31. The first-order chi connectivity index (χ1) is 9.74. The van der Waals surface area contributed by atoms with Crippen LogP contribution >= 0.6 is 11.3 Å². The van der Waals surface area contributed by atoms with Gasteiger partial charge in [0, 0.05) is 10.9 Å². The van der Waals surface area contributed by atoms with E-state index < -0.39 is 0 Å². The van der Waals surface area contributed by atoms with E-state index in [0.29, 0.717) is 6.04 Å². The largest absolute Gasteiger partial charge is 0.497 e. The van der Waals surface area contributed by atoms with Gasteiger partial charge in [-0.3, -0.25) is 0 Å². The molecule has 0 radical (unpaired) electrons. The van der Waals surface area contributed by atoms with Crippen LogP contribution in [-0.2, 0) is 6.42 Å². The Bertz CT molecular complexity index is 535. The van der Waals surface area contributed by atoms with Gasteiger partial charge >= 0.3 is 0 Å². The predicted octanol–water partition coefficient (Wildman–Crippen LogP) is 4.35. The van der Waals surface area contributed by atoms with E-state index in [-0.39, 0.29) is 0 Å². The standard InChI is InChI=1S/C17H23NOS/c1-4-9-18-17(16-8-10-20-13(16)2)12-14-6-5-7-15(11-14)19-3/h5-8,10-11,17-18H,4,9,12H2,1-3H3. The lowest BCUT2D eigenvalue weighted by Gasteiger charge is -2.19. The molecule has 1 unspecified atom stereocenters. The number of rotatable bonds is 7. The van der Waals surface area contributed by atoms with Crippen molar-refractivity contribution in [1.29, 1.82) is 0 Å². The van der Waals surface area contributed by atoms with Crippen LogP contribution in [0.3, 0.4) is 0 Å². The molecule has 0 amide bonds. The number of hydrogen-bond donors (Lipinski definition) is 1. The van der Waals surface area contributed by atoms with Crippen LogP contribution in [0, 0.1) is 6.92 Å². The molecule has 1 aromatic heterocycles. The highest BCUT2D eigenvalue weighted by molar-refractivity contribution is 7.10. The summed E-state index contributed by atoms with van der Waals surface area (Å²) in [7, 11) is 1.72. The predicted molar refractivity (Wildman–Crippen MR) is 86.8 cm³/mol. The number of benzene rings is 1. The maximum atomic E-state index is 5.31. The van der Waals surface area contributed by atoms with E-state index in [1.165, 1.54) is 16.0 Å². The van der Waals surface area contributed by atoms with E-state index in [4.69, 9.17) is 4.74 Å². The summed E-state index contributed by atoms with van der Waals surface area (Å²) in [6.45, 7) is 5.45. The molecule has 1 heterocycles. The molecule has 1 N–H and O–H groups in total. The molecule has 1 atom stereocenters. The molecular weight excluding hydrogens is 266 g/mol. The zero-order valence-corrected chi connectivity index (χ0v) is 13.3. The highest BCUT2D eigenvalue weighted by Crippen LogP contribution is 2.26. The quantitative estimate of drug-likeness (QED) is 0.818. The Morgan fingerprint density at radius 1 is 1.30 bits per heavy atom. The van der Waals surface area contributed by atoms with Crippen LogP contribution in [0.2, 0.25) is 0 Å². The molecule has 0 aliphatic rings. The van der Waals surface area contributed by atoms with E-state index in [9.17, 15) is 0 Å². The summed E-state index contributed by atoms with van der Waals surface area (Å²) >= 11 is 1.82. The number of hydrogen-bond acceptors (Lipinski definition) is 3. The molecule has 20 heavy (non-hydrogen) atoms. The molecule has 2 rings (SSSR count). The molecule has 108 valence electrons. The fourth-order valence-electron chi connectivity index (χ4n) is 2.40. The van der Waals surface area contributed by atoms with Gasteiger partial charge in [0.05, 0.1) is 7.11 Å². The molecule has 0 aliphatic carbocycles. The number of aryl methyl sites for hydroxylation is 1. The normalized spacial score (nSPS) is 12.3. The van der Waals surface area contributed by atoms with E-state index >= 15 is 0 Å². The molecule has 1 aromatic carbocycles. The van der Waals surface area contributed by atoms with Gasteiger partial charge in [0.2, 0.25) is 0 Å². The van der Waals surface area contributed by atoms with Crippen molar-refractivity contribution >= 4 is 11.3 Å². The Hall–Kier alpha value is -1.32. The Morgan fingerprint density at radius 3 is 2.80 bits per heavy atom. The van der Waals surface area contributed by atoms with Gasteiger partial charge in [0.1, 0.15) is 5.75 Å².